The van der Waals surface area contributed by atoms with Gasteiger partial charge in [-0.25, -0.2) is 18.3 Å². The van der Waals surface area contributed by atoms with Crippen LogP contribution in [0.25, 0.3) is 0 Å². The molecule has 2 aromatic carbocycles. The minimum Gasteiger partial charge on any atom is -0.466 e. The summed E-state index contributed by atoms with van der Waals surface area (Å²) < 4.78 is 33.9. The van der Waals surface area contributed by atoms with Crippen LogP contribution in [0.2, 0.25) is 0 Å². The molecule has 9 heteroatoms. The lowest BCUT2D eigenvalue weighted by atomic mass is 9.96. The highest BCUT2D eigenvalue weighted by molar-refractivity contribution is 7.98. The molecule has 0 spiro atoms. The molecule has 0 amide bonds. The van der Waals surface area contributed by atoms with Crippen LogP contribution >= 0.6 is 11.8 Å². The van der Waals surface area contributed by atoms with E-state index in [0.717, 1.165) is 0 Å². The van der Waals surface area contributed by atoms with E-state index in [1.165, 1.54) is 37.1 Å². The summed E-state index contributed by atoms with van der Waals surface area (Å²) in [4.78, 5) is 17.0. The van der Waals surface area contributed by atoms with Crippen molar-refractivity contribution in [3.63, 3.8) is 0 Å². The summed E-state index contributed by atoms with van der Waals surface area (Å²) in [5.74, 6) is -0.399. The van der Waals surface area contributed by atoms with Gasteiger partial charge in [0.25, 0.3) is 0 Å². The van der Waals surface area contributed by atoms with Crippen molar-refractivity contribution in [1.82, 2.24) is 14.8 Å². The van der Waals surface area contributed by atoms with E-state index in [-0.39, 0.29) is 11.6 Å². The Morgan fingerprint density at radius 2 is 1.93 bits per heavy atom. The summed E-state index contributed by atoms with van der Waals surface area (Å²) in [5, 5.41) is 8.02. The predicted molar refractivity (Wildman–Crippen MR) is 109 cm³/mol. The monoisotopic (exact) mass is 428 g/mol. The lowest BCUT2D eigenvalue weighted by Gasteiger charge is -2.27. The minimum atomic E-state index is -0.635. The highest BCUT2D eigenvalue weighted by atomic mass is 32.2. The first-order chi connectivity index (χ1) is 14.5. The lowest BCUT2D eigenvalue weighted by molar-refractivity contribution is -0.136. The zero-order valence-corrected chi connectivity index (χ0v) is 17.0. The van der Waals surface area contributed by atoms with Crippen LogP contribution in [0.4, 0.5) is 14.7 Å². The van der Waals surface area contributed by atoms with Crippen LogP contribution in [0.15, 0.2) is 65.0 Å². The largest absolute Gasteiger partial charge is 0.466 e. The summed E-state index contributed by atoms with van der Waals surface area (Å²) in [6.07, 6.45) is 0. The van der Waals surface area contributed by atoms with Gasteiger partial charge in [0.15, 0.2) is 0 Å². The number of hydrogen-bond donors (Lipinski definition) is 1. The van der Waals surface area contributed by atoms with Gasteiger partial charge in [0.05, 0.1) is 12.7 Å². The van der Waals surface area contributed by atoms with Crippen molar-refractivity contribution in [3.05, 3.63) is 82.6 Å². The van der Waals surface area contributed by atoms with Gasteiger partial charge in [-0.3, -0.25) is 0 Å². The van der Waals surface area contributed by atoms with E-state index in [1.807, 2.05) is 0 Å². The van der Waals surface area contributed by atoms with Gasteiger partial charge in [-0.2, -0.15) is 4.98 Å². The van der Waals surface area contributed by atoms with Crippen molar-refractivity contribution in [2.24, 2.45) is 0 Å². The van der Waals surface area contributed by atoms with Gasteiger partial charge in [-0.1, -0.05) is 42.1 Å². The van der Waals surface area contributed by atoms with Crippen LogP contribution in [0.1, 0.15) is 24.1 Å². The van der Waals surface area contributed by atoms with E-state index >= 15 is 0 Å². The molecule has 0 aliphatic carbocycles. The maximum Gasteiger partial charge on any atom is 0.338 e. The molecule has 0 bridgehead atoms. The Hall–Kier alpha value is -3.20. The molecule has 4 rings (SSSR count). The fourth-order valence-corrected chi connectivity index (χ4v) is 4.09. The van der Waals surface area contributed by atoms with Gasteiger partial charge < -0.3 is 10.1 Å². The van der Waals surface area contributed by atoms with Crippen molar-refractivity contribution in [2.75, 3.05) is 12.4 Å². The standard InChI is InChI=1S/C21H18F2N4O2S/c1-12-17(19(28)29-2)18(13-7-9-15(22)10-8-13)27-20(24-12)25-21(26-27)30-11-14-5-3-4-6-16(14)23/h3-10,18H,11H2,1-2H3,(H,24,25,26). The number of benzene rings is 2. The Balaban J connectivity index is 1.70. The number of hydrogen-bond acceptors (Lipinski definition) is 6. The van der Waals surface area contributed by atoms with Crippen LogP contribution in [0.5, 0.6) is 0 Å². The molecule has 1 aromatic heterocycles. The van der Waals surface area contributed by atoms with E-state index in [9.17, 15) is 13.6 Å². The molecule has 0 fully saturated rings. The fraction of sp³-hybridized carbons (Fsp3) is 0.190. The average Bonchev–Trinajstić information content (AvgIpc) is 3.14. The second-order valence-corrected chi connectivity index (χ2v) is 7.59. The summed E-state index contributed by atoms with van der Waals surface area (Å²) >= 11 is 1.28. The molecule has 0 saturated heterocycles. The maximum absolute atomic E-state index is 13.9. The van der Waals surface area contributed by atoms with Gasteiger partial charge in [0.1, 0.15) is 17.7 Å². The number of halogens is 2. The summed E-state index contributed by atoms with van der Waals surface area (Å²) in [6.45, 7) is 1.74. The Labute approximate surface area is 176 Å². The van der Waals surface area contributed by atoms with Gasteiger partial charge in [0, 0.05) is 11.4 Å². The number of anilines is 1. The van der Waals surface area contributed by atoms with E-state index in [1.54, 1.807) is 41.9 Å². The van der Waals surface area contributed by atoms with E-state index in [2.05, 4.69) is 15.4 Å². The van der Waals surface area contributed by atoms with Crippen molar-refractivity contribution >= 4 is 23.7 Å². The molecule has 1 atom stereocenters. The minimum absolute atomic E-state index is 0.290. The Kier molecular flexibility index (Phi) is 5.54. The van der Waals surface area contributed by atoms with Crippen LogP contribution < -0.4 is 5.32 Å². The molecule has 1 aliphatic rings. The van der Waals surface area contributed by atoms with Gasteiger partial charge in [-0.15, -0.1) is 5.10 Å². The van der Waals surface area contributed by atoms with Crippen LogP contribution in [0.3, 0.4) is 0 Å². The van der Waals surface area contributed by atoms with E-state index in [0.29, 0.717) is 39.3 Å². The topological polar surface area (TPSA) is 69.0 Å². The third-order valence-corrected chi connectivity index (χ3v) is 5.63. The average molecular weight is 428 g/mol. The third kappa shape index (κ3) is 3.80. The molecular formula is C21H18F2N4O2S. The van der Waals surface area contributed by atoms with Crippen molar-refractivity contribution in [3.8, 4) is 0 Å². The molecular weight excluding hydrogens is 410 g/mol. The maximum atomic E-state index is 13.9. The van der Waals surface area contributed by atoms with Gasteiger partial charge in [0.2, 0.25) is 11.1 Å². The highest BCUT2D eigenvalue weighted by Gasteiger charge is 2.35. The number of aromatic nitrogens is 3. The van der Waals surface area contributed by atoms with Crippen LogP contribution in [-0.2, 0) is 15.3 Å². The first-order valence-corrected chi connectivity index (χ1v) is 10.1. The zero-order chi connectivity index (χ0) is 21.3. The van der Waals surface area contributed by atoms with Crippen molar-refractivity contribution in [1.29, 1.82) is 0 Å². The molecule has 1 N–H and O–H groups in total. The molecule has 6 nitrogen and oxygen atoms in total. The van der Waals surface area contributed by atoms with E-state index in [4.69, 9.17) is 4.74 Å². The number of methoxy groups -OCH3 is 1. The van der Waals surface area contributed by atoms with Gasteiger partial charge in [-0.05, 0) is 36.2 Å². The van der Waals surface area contributed by atoms with Gasteiger partial charge >= 0.3 is 5.97 Å². The summed E-state index contributed by atoms with van der Waals surface area (Å²) in [6, 6.07) is 11.7. The fourth-order valence-electron chi connectivity index (χ4n) is 3.28. The quantitative estimate of drug-likeness (QED) is 0.483. The lowest BCUT2D eigenvalue weighted by Crippen LogP contribution is -2.29. The molecule has 1 aliphatic heterocycles. The summed E-state index contributed by atoms with van der Waals surface area (Å²) in [5.41, 5.74) is 2.13. The Morgan fingerprint density at radius 3 is 2.63 bits per heavy atom. The number of thioether (sulfide) groups is 1. The highest BCUT2D eigenvalue weighted by Crippen LogP contribution is 2.37. The molecule has 30 heavy (non-hydrogen) atoms. The zero-order valence-electron chi connectivity index (χ0n) is 16.2. The number of carbonyl (C=O) groups is 1. The second kappa shape index (κ2) is 8.27. The number of nitrogens with zero attached hydrogens (tertiary/aromatic N) is 3. The summed E-state index contributed by atoms with van der Waals surface area (Å²) in [7, 11) is 1.30. The number of allylic oxidation sites excluding steroid dienone is 1. The normalized spacial score (nSPS) is 15.5. The number of fused-ring (bicyclic) bond motifs is 1. The first-order valence-electron chi connectivity index (χ1n) is 9.12. The van der Waals surface area contributed by atoms with Crippen molar-refractivity contribution < 1.29 is 18.3 Å². The van der Waals surface area contributed by atoms with Crippen LogP contribution in [0, 0.1) is 11.6 Å². The van der Waals surface area contributed by atoms with E-state index < -0.39 is 12.0 Å². The molecule has 0 saturated carbocycles. The molecule has 2 heterocycles. The van der Waals surface area contributed by atoms with Crippen molar-refractivity contribution in [2.45, 2.75) is 23.9 Å². The first kappa shape index (κ1) is 20.1. The number of carbonyl (C=O) groups excluding carboxylic acids is 1. The Morgan fingerprint density at radius 1 is 1.20 bits per heavy atom. The number of esters is 1. The molecule has 1 unspecified atom stereocenters. The number of rotatable bonds is 5. The molecule has 154 valence electrons. The third-order valence-electron chi connectivity index (χ3n) is 4.74. The smallest absolute Gasteiger partial charge is 0.338 e. The predicted octanol–water partition coefficient (Wildman–Crippen LogP) is 4.31. The molecule has 3 aromatic rings. The SMILES string of the molecule is COC(=O)C1=C(C)Nc2nc(SCc3ccccc3F)nn2C1c1ccc(F)cc1. The van der Waals surface area contributed by atoms with Crippen LogP contribution in [-0.4, -0.2) is 27.8 Å². The number of nitrogens with one attached hydrogen (secondary N) is 1. The second-order valence-electron chi connectivity index (χ2n) is 6.65. The molecule has 0 radical (unpaired) electrons. The number of ether oxygens (including phenoxy) is 1. The Bertz CT molecular complexity index is 1130.